The average Bonchev–Trinajstić information content (AvgIpc) is 2.38. The summed E-state index contributed by atoms with van der Waals surface area (Å²) >= 11 is 0. The third-order valence-electron chi connectivity index (χ3n) is 2.73. The van der Waals surface area contributed by atoms with Gasteiger partial charge in [0.2, 0.25) is 0 Å². The average molecular weight is 211 g/mol. The predicted octanol–water partition coefficient (Wildman–Crippen LogP) is 3.91. The molecule has 0 spiro atoms. The number of anilines is 1. The number of benzene rings is 1. The molecule has 0 aromatic heterocycles. The lowest BCUT2D eigenvalue weighted by Crippen LogP contribution is -2.24. The van der Waals surface area contributed by atoms with Crippen LogP contribution in [0.5, 0.6) is 0 Å². The molecule has 0 aliphatic carbocycles. The van der Waals surface area contributed by atoms with Crippen molar-refractivity contribution < 1.29 is 0 Å². The lowest BCUT2D eigenvalue weighted by Gasteiger charge is -2.28. The Kier molecular flexibility index (Phi) is 3.60. The molecule has 1 aliphatic rings. The van der Waals surface area contributed by atoms with Crippen molar-refractivity contribution in [3.8, 4) is 0 Å². The van der Waals surface area contributed by atoms with Crippen molar-refractivity contribution in [3.05, 3.63) is 66.9 Å². The van der Waals surface area contributed by atoms with Crippen LogP contribution in [0.4, 0.5) is 5.69 Å². The van der Waals surface area contributed by atoms with E-state index < -0.39 is 0 Å². The summed E-state index contributed by atoms with van der Waals surface area (Å²) in [6.45, 7) is 4.74. The van der Waals surface area contributed by atoms with E-state index in [0.717, 1.165) is 19.4 Å². The quantitative estimate of drug-likeness (QED) is 0.682. The van der Waals surface area contributed by atoms with Crippen LogP contribution in [0.15, 0.2) is 66.9 Å². The van der Waals surface area contributed by atoms with Crippen LogP contribution in [0.3, 0.4) is 0 Å². The van der Waals surface area contributed by atoms with E-state index in [-0.39, 0.29) is 0 Å². The Hall–Kier alpha value is -1.76. The molecule has 1 heteroatoms. The molecule has 1 nitrogen and oxygen atoms in total. The van der Waals surface area contributed by atoms with E-state index in [1.54, 1.807) is 0 Å². The molecule has 2 rings (SSSR count). The Morgan fingerprint density at radius 3 is 2.81 bits per heavy atom. The van der Waals surface area contributed by atoms with Crippen LogP contribution in [-0.2, 0) is 0 Å². The zero-order valence-electron chi connectivity index (χ0n) is 9.47. The van der Waals surface area contributed by atoms with Gasteiger partial charge in [-0.1, -0.05) is 36.4 Å². The summed E-state index contributed by atoms with van der Waals surface area (Å²) in [5.41, 5.74) is 2.63. The van der Waals surface area contributed by atoms with Crippen molar-refractivity contribution in [2.45, 2.75) is 12.8 Å². The van der Waals surface area contributed by atoms with Gasteiger partial charge in [0, 0.05) is 17.9 Å². The second kappa shape index (κ2) is 5.36. The van der Waals surface area contributed by atoms with Crippen LogP contribution in [0.2, 0.25) is 0 Å². The highest BCUT2D eigenvalue weighted by atomic mass is 15.1. The topological polar surface area (TPSA) is 3.24 Å². The number of para-hydroxylation sites is 1. The van der Waals surface area contributed by atoms with Gasteiger partial charge in [-0.25, -0.2) is 0 Å². The van der Waals surface area contributed by atoms with Crippen molar-refractivity contribution in [2.24, 2.45) is 0 Å². The SMILES string of the molecule is C=CCCC1=CC=CCN1c1ccccc1. The number of nitrogens with zero attached hydrogens (tertiary/aromatic N) is 1. The second-order valence-electron chi connectivity index (χ2n) is 3.86. The predicted molar refractivity (Wildman–Crippen MR) is 70.4 cm³/mol. The maximum absolute atomic E-state index is 3.78. The van der Waals surface area contributed by atoms with E-state index in [0.29, 0.717) is 0 Å². The van der Waals surface area contributed by atoms with E-state index in [2.05, 4.69) is 60.0 Å². The molecule has 0 saturated heterocycles. The minimum Gasteiger partial charge on any atom is -0.341 e. The Balaban J connectivity index is 2.17. The molecule has 82 valence electrons. The third kappa shape index (κ3) is 2.43. The molecule has 0 N–H and O–H groups in total. The van der Waals surface area contributed by atoms with E-state index in [1.807, 2.05) is 6.08 Å². The Bertz CT molecular complexity index is 401. The molecule has 0 saturated carbocycles. The number of allylic oxidation sites excluding steroid dienone is 4. The fourth-order valence-electron chi connectivity index (χ4n) is 1.90. The van der Waals surface area contributed by atoms with Crippen LogP contribution in [0, 0.1) is 0 Å². The molecular weight excluding hydrogens is 194 g/mol. The van der Waals surface area contributed by atoms with Crippen molar-refractivity contribution in [3.63, 3.8) is 0 Å². The van der Waals surface area contributed by atoms with Gasteiger partial charge in [0.25, 0.3) is 0 Å². The molecule has 1 aliphatic heterocycles. The number of hydrogen-bond acceptors (Lipinski definition) is 1. The molecule has 0 unspecified atom stereocenters. The lowest BCUT2D eigenvalue weighted by molar-refractivity contribution is 0.872. The molecule has 0 radical (unpaired) electrons. The first-order chi connectivity index (χ1) is 7.92. The van der Waals surface area contributed by atoms with Crippen molar-refractivity contribution in [1.29, 1.82) is 0 Å². The van der Waals surface area contributed by atoms with Crippen molar-refractivity contribution in [2.75, 3.05) is 11.4 Å². The van der Waals surface area contributed by atoms with Crippen LogP contribution in [0.25, 0.3) is 0 Å². The zero-order chi connectivity index (χ0) is 11.2. The van der Waals surface area contributed by atoms with Crippen LogP contribution in [-0.4, -0.2) is 6.54 Å². The molecule has 0 atom stereocenters. The highest BCUT2D eigenvalue weighted by molar-refractivity contribution is 5.54. The van der Waals surface area contributed by atoms with Gasteiger partial charge in [0.1, 0.15) is 0 Å². The summed E-state index contributed by atoms with van der Waals surface area (Å²) in [6, 6.07) is 10.5. The van der Waals surface area contributed by atoms with Gasteiger partial charge in [0.05, 0.1) is 0 Å². The van der Waals surface area contributed by atoms with Crippen LogP contribution in [0.1, 0.15) is 12.8 Å². The Labute approximate surface area is 97.4 Å². The summed E-state index contributed by atoms with van der Waals surface area (Å²) in [4.78, 5) is 2.35. The molecule has 0 fully saturated rings. The highest BCUT2D eigenvalue weighted by Gasteiger charge is 2.11. The van der Waals surface area contributed by atoms with Crippen molar-refractivity contribution >= 4 is 5.69 Å². The minimum atomic E-state index is 0.965. The van der Waals surface area contributed by atoms with E-state index in [9.17, 15) is 0 Å². The van der Waals surface area contributed by atoms with Gasteiger partial charge < -0.3 is 4.90 Å². The first-order valence-electron chi connectivity index (χ1n) is 5.71. The highest BCUT2D eigenvalue weighted by Crippen LogP contribution is 2.23. The Morgan fingerprint density at radius 2 is 2.06 bits per heavy atom. The smallest absolute Gasteiger partial charge is 0.0411 e. The molecular formula is C15H17N. The minimum absolute atomic E-state index is 0.965. The maximum atomic E-state index is 3.78. The fraction of sp³-hybridized carbons (Fsp3) is 0.200. The molecule has 1 aromatic carbocycles. The summed E-state index contributed by atoms with van der Waals surface area (Å²) in [6.07, 6.45) is 10.6. The monoisotopic (exact) mass is 211 g/mol. The van der Waals surface area contributed by atoms with Gasteiger partial charge in [-0.3, -0.25) is 0 Å². The zero-order valence-corrected chi connectivity index (χ0v) is 9.47. The molecule has 16 heavy (non-hydrogen) atoms. The van der Waals surface area contributed by atoms with Gasteiger partial charge >= 0.3 is 0 Å². The van der Waals surface area contributed by atoms with Gasteiger partial charge in [-0.2, -0.15) is 0 Å². The summed E-state index contributed by atoms with van der Waals surface area (Å²) in [7, 11) is 0. The molecule has 1 aromatic rings. The third-order valence-corrected chi connectivity index (χ3v) is 2.73. The standard InChI is InChI=1S/C15H17N/c1-2-3-9-14-12-7-8-13-16(14)15-10-5-4-6-11-15/h2,4-8,10-12H,1,3,9,13H2. The largest absolute Gasteiger partial charge is 0.341 e. The number of rotatable bonds is 4. The van der Waals surface area contributed by atoms with Gasteiger partial charge in [0.15, 0.2) is 0 Å². The normalized spacial score (nSPS) is 14.8. The molecule has 0 amide bonds. The van der Waals surface area contributed by atoms with Gasteiger partial charge in [-0.05, 0) is 31.1 Å². The van der Waals surface area contributed by atoms with Crippen LogP contribution >= 0.6 is 0 Å². The second-order valence-corrected chi connectivity index (χ2v) is 3.86. The summed E-state index contributed by atoms with van der Waals surface area (Å²) in [5, 5.41) is 0. The summed E-state index contributed by atoms with van der Waals surface area (Å²) in [5.74, 6) is 0. The maximum Gasteiger partial charge on any atom is 0.0411 e. The van der Waals surface area contributed by atoms with Gasteiger partial charge in [-0.15, -0.1) is 6.58 Å². The molecule has 0 bridgehead atoms. The molecule has 1 heterocycles. The van der Waals surface area contributed by atoms with E-state index in [4.69, 9.17) is 0 Å². The summed E-state index contributed by atoms with van der Waals surface area (Å²) < 4.78 is 0. The fourth-order valence-corrected chi connectivity index (χ4v) is 1.90. The first-order valence-corrected chi connectivity index (χ1v) is 5.71. The van der Waals surface area contributed by atoms with E-state index >= 15 is 0 Å². The van der Waals surface area contributed by atoms with E-state index in [1.165, 1.54) is 11.4 Å². The van der Waals surface area contributed by atoms with Crippen molar-refractivity contribution in [1.82, 2.24) is 0 Å². The van der Waals surface area contributed by atoms with Crippen LogP contribution < -0.4 is 4.90 Å². The number of hydrogen-bond donors (Lipinski definition) is 0. The lowest BCUT2D eigenvalue weighted by atomic mass is 10.1. The first kappa shape index (κ1) is 10.7. The Morgan fingerprint density at radius 1 is 1.25 bits per heavy atom.